The second-order valence-corrected chi connectivity index (χ2v) is 14.7. The van der Waals surface area contributed by atoms with E-state index in [1.165, 1.54) is 51.4 Å². The van der Waals surface area contributed by atoms with E-state index < -0.39 is 8.32 Å². The van der Waals surface area contributed by atoms with E-state index in [0.29, 0.717) is 46.2 Å². The topological polar surface area (TPSA) is 85.7 Å². The minimum Gasteiger partial charge on any atom is -0.414 e. The lowest BCUT2D eigenvalue weighted by Gasteiger charge is -2.36. The molecule has 0 unspecified atom stereocenters. The fourth-order valence-electron chi connectivity index (χ4n) is 2.96. The molecule has 0 amide bonds. The second-order valence-electron chi connectivity index (χ2n) is 9.94. The first-order chi connectivity index (χ1) is 15.3. The Morgan fingerprint density at radius 2 is 1.03 bits per heavy atom. The summed E-state index contributed by atoms with van der Waals surface area (Å²) in [6.45, 7) is 16.6. The third-order valence-corrected chi connectivity index (χ3v) is 10.6. The molecule has 0 aromatic carbocycles. The SMILES string of the molecule is CC(C)(C)[Si](C)(C)OCCOCCOCCOCCCCCCCCCCCCN=[N+]=[N-]. The zero-order valence-corrected chi connectivity index (χ0v) is 22.7. The number of azide groups is 1. The molecule has 0 atom stereocenters. The van der Waals surface area contributed by atoms with Crippen LogP contribution in [0.2, 0.25) is 18.1 Å². The van der Waals surface area contributed by atoms with Gasteiger partial charge < -0.3 is 18.6 Å². The summed E-state index contributed by atoms with van der Waals surface area (Å²) in [6.07, 6.45) is 12.4. The van der Waals surface area contributed by atoms with Crippen LogP contribution in [0.5, 0.6) is 0 Å². The molecule has 0 radical (unpaired) electrons. The van der Waals surface area contributed by atoms with E-state index in [2.05, 4.69) is 43.9 Å². The lowest BCUT2D eigenvalue weighted by Crippen LogP contribution is -2.41. The first-order valence-corrected chi connectivity index (χ1v) is 15.6. The molecule has 32 heavy (non-hydrogen) atoms. The standard InChI is InChI=1S/C24H51N3O4Si/c1-24(2,3)32(4,5)31-23-22-30-21-20-29-19-18-28-17-15-13-11-9-7-6-8-10-12-14-16-26-27-25/h6-23H2,1-5H3. The molecule has 0 saturated carbocycles. The van der Waals surface area contributed by atoms with E-state index in [9.17, 15) is 0 Å². The highest BCUT2D eigenvalue weighted by Crippen LogP contribution is 2.36. The van der Waals surface area contributed by atoms with Crippen molar-refractivity contribution in [1.29, 1.82) is 0 Å². The summed E-state index contributed by atoms with van der Waals surface area (Å²) in [4.78, 5) is 2.77. The molecule has 8 heteroatoms. The molecule has 0 aliphatic rings. The van der Waals surface area contributed by atoms with Gasteiger partial charge in [-0.25, -0.2) is 0 Å². The number of unbranched alkanes of at least 4 members (excludes halogenated alkanes) is 9. The van der Waals surface area contributed by atoms with Crippen LogP contribution in [0.4, 0.5) is 0 Å². The summed E-state index contributed by atoms with van der Waals surface area (Å²) < 4.78 is 22.9. The molecule has 0 aliphatic heterocycles. The maximum Gasteiger partial charge on any atom is 0.192 e. The van der Waals surface area contributed by atoms with Gasteiger partial charge in [0.05, 0.1) is 39.6 Å². The Morgan fingerprint density at radius 1 is 0.625 bits per heavy atom. The van der Waals surface area contributed by atoms with Crippen LogP contribution < -0.4 is 0 Å². The predicted octanol–water partition coefficient (Wildman–Crippen LogP) is 7.27. The van der Waals surface area contributed by atoms with E-state index in [1.54, 1.807) is 0 Å². The summed E-state index contributed by atoms with van der Waals surface area (Å²) in [5, 5.41) is 3.80. The highest BCUT2D eigenvalue weighted by atomic mass is 28.4. The minimum absolute atomic E-state index is 0.243. The number of hydrogen-bond donors (Lipinski definition) is 0. The normalized spacial score (nSPS) is 12.2. The highest BCUT2D eigenvalue weighted by Gasteiger charge is 2.36. The zero-order valence-electron chi connectivity index (χ0n) is 21.7. The average Bonchev–Trinajstić information content (AvgIpc) is 2.73. The molecule has 7 nitrogen and oxygen atoms in total. The summed E-state index contributed by atoms with van der Waals surface area (Å²) in [6, 6.07) is 0. The Balaban J connectivity index is 3.17. The fourth-order valence-corrected chi connectivity index (χ4v) is 3.99. The van der Waals surface area contributed by atoms with Crippen LogP contribution >= 0.6 is 0 Å². The van der Waals surface area contributed by atoms with Gasteiger partial charge in [0, 0.05) is 18.1 Å². The van der Waals surface area contributed by atoms with E-state index in [1.807, 2.05) is 0 Å². The summed E-state index contributed by atoms with van der Waals surface area (Å²) in [5.74, 6) is 0. The molecule has 0 aliphatic carbocycles. The van der Waals surface area contributed by atoms with Crippen molar-refractivity contribution in [1.82, 2.24) is 0 Å². The maximum atomic E-state index is 8.20. The van der Waals surface area contributed by atoms with Gasteiger partial charge in [-0.1, -0.05) is 77.3 Å². The Kier molecular flexibility index (Phi) is 20.5. The Morgan fingerprint density at radius 3 is 1.50 bits per heavy atom. The van der Waals surface area contributed by atoms with Crippen molar-refractivity contribution in [3.05, 3.63) is 10.4 Å². The van der Waals surface area contributed by atoms with Gasteiger partial charge in [0.25, 0.3) is 0 Å². The molecule has 0 aromatic heterocycles. The largest absolute Gasteiger partial charge is 0.414 e. The summed E-state index contributed by atoms with van der Waals surface area (Å²) >= 11 is 0. The third kappa shape index (κ3) is 20.0. The summed E-state index contributed by atoms with van der Waals surface area (Å²) in [5.41, 5.74) is 8.20. The predicted molar refractivity (Wildman–Crippen MR) is 136 cm³/mol. The van der Waals surface area contributed by atoms with Crippen LogP contribution in [-0.4, -0.2) is 61.1 Å². The monoisotopic (exact) mass is 473 g/mol. The molecule has 0 spiro atoms. The zero-order chi connectivity index (χ0) is 24.0. The van der Waals surface area contributed by atoms with Crippen LogP contribution in [-0.2, 0) is 18.6 Å². The molecule has 190 valence electrons. The Hall–Kier alpha value is -0.633. The van der Waals surface area contributed by atoms with E-state index in [0.717, 1.165) is 19.4 Å². The van der Waals surface area contributed by atoms with Gasteiger partial charge >= 0.3 is 0 Å². The van der Waals surface area contributed by atoms with Crippen LogP contribution in [0.3, 0.4) is 0 Å². The lowest BCUT2D eigenvalue weighted by molar-refractivity contribution is 0.00800. The summed E-state index contributed by atoms with van der Waals surface area (Å²) in [7, 11) is -1.66. The van der Waals surface area contributed by atoms with E-state index in [-0.39, 0.29) is 5.04 Å². The van der Waals surface area contributed by atoms with Gasteiger partial charge in [-0.15, -0.1) is 0 Å². The number of rotatable bonds is 23. The lowest BCUT2D eigenvalue weighted by atomic mass is 10.1. The van der Waals surface area contributed by atoms with Gasteiger partial charge in [0.2, 0.25) is 0 Å². The highest BCUT2D eigenvalue weighted by molar-refractivity contribution is 6.74. The molecule has 0 fully saturated rings. The van der Waals surface area contributed by atoms with E-state index >= 15 is 0 Å². The fraction of sp³-hybridized carbons (Fsp3) is 1.00. The minimum atomic E-state index is -1.66. The molecular formula is C24H51N3O4Si. The van der Waals surface area contributed by atoms with Gasteiger partial charge in [0.15, 0.2) is 8.32 Å². The molecule has 0 N–H and O–H groups in total. The second kappa shape index (κ2) is 20.9. The number of nitrogens with zero attached hydrogens (tertiary/aromatic N) is 3. The van der Waals surface area contributed by atoms with Crippen LogP contribution in [0.1, 0.15) is 85.0 Å². The molecular weight excluding hydrogens is 422 g/mol. The van der Waals surface area contributed by atoms with Crippen LogP contribution in [0.25, 0.3) is 10.4 Å². The van der Waals surface area contributed by atoms with Gasteiger partial charge in [-0.05, 0) is 36.5 Å². The van der Waals surface area contributed by atoms with Gasteiger partial charge in [0.1, 0.15) is 0 Å². The molecule has 0 aromatic rings. The van der Waals surface area contributed by atoms with Gasteiger partial charge in [-0.3, -0.25) is 0 Å². The van der Waals surface area contributed by atoms with Gasteiger partial charge in [-0.2, -0.15) is 0 Å². The van der Waals surface area contributed by atoms with Crippen molar-refractivity contribution < 1.29 is 18.6 Å². The van der Waals surface area contributed by atoms with Crippen molar-refractivity contribution in [2.45, 2.75) is 103 Å². The van der Waals surface area contributed by atoms with Crippen LogP contribution in [0.15, 0.2) is 5.11 Å². The Bertz CT molecular complexity index is 467. The van der Waals surface area contributed by atoms with Crippen molar-refractivity contribution in [2.24, 2.45) is 5.11 Å². The van der Waals surface area contributed by atoms with E-state index in [4.69, 9.17) is 24.2 Å². The molecule has 0 heterocycles. The first kappa shape index (κ1) is 31.4. The molecule has 0 saturated heterocycles. The average molecular weight is 474 g/mol. The third-order valence-electron chi connectivity index (χ3n) is 6.10. The smallest absolute Gasteiger partial charge is 0.192 e. The van der Waals surface area contributed by atoms with Crippen molar-refractivity contribution in [3.8, 4) is 0 Å². The number of hydrogen-bond acceptors (Lipinski definition) is 5. The van der Waals surface area contributed by atoms with Crippen LogP contribution in [0, 0.1) is 0 Å². The molecule has 0 rings (SSSR count). The van der Waals surface area contributed by atoms with Crippen molar-refractivity contribution >= 4 is 8.32 Å². The molecule has 0 bridgehead atoms. The first-order valence-electron chi connectivity index (χ1n) is 12.7. The van der Waals surface area contributed by atoms with Crippen molar-refractivity contribution in [3.63, 3.8) is 0 Å². The maximum absolute atomic E-state index is 8.20. The van der Waals surface area contributed by atoms with Crippen molar-refractivity contribution in [2.75, 3.05) is 52.8 Å². The quantitative estimate of drug-likeness (QED) is 0.0513. The number of ether oxygens (including phenoxy) is 3. The Labute approximate surface area is 198 Å².